The molecule has 0 atom stereocenters. The molecule has 0 aliphatic carbocycles. The lowest BCUT2D eigenvalue weighted by molar-refractivity contribution is 0.0951. The third-order valence-corrected chi connectivity index (χ3v) is 3.29. The van der Waals surface area contributed by atoms with Crippen LogP contribution in [0.2, 0.25) is 0 Å². The number of pyridine rings is 1. The van der Waals surface area contributed by atoms with Crippen molar-refractivity contribution < 1.29 is 9.59 Å². The van der Waals surface area contributed by atoms with E-state index < -0.39 is 0 Å². The zero-order valence-corrected chi connectivity index (χ0v) is 13.9. The molecule has 0 unspecified atom stereocenters. The van der Waals surface area contributed by atoms with Crippen LogP contribution >= 0.6 is 0 Å². The van der Waals surface area contributed by atoms with Gasteiger partial charge in [-0.3, -0.25) is 9.78 Å². The van der Waals surface area contributed by atoms with E-state index in [-0.39, 0.29) is 18.0 Å². The largest absolute Gasteiger partial charge is 0.348 e. The van der Waals surface area contributed by atoms with E-state index in [1.54, 1.807) is 24.5 Å². The highest BCUT2D eigenvalue weighted by Crippen LogP contribution is 2.05. The Kier molecular flexibility index (Phi) is 6.31. The van der Waals surface area contributed by atoms with E-state index in [0.29, 0.717) is 18.7 Å². The van der Waals surface area contributed by atoms with Crippen molar-refractivity contribution in [2.75, 3.05) is 0 Å². The molecular formula is C18H22N4O2. The molecule has 0 aliphatic heterocycles. The number of urea groups is 1. The summed E-state index contributed by atoms with van der Waals surface area (Å²) in [4.78, 5) is 27.6. The molecule has 0 bridgehead atoms. The molecule has 1 aromatic heterocycles. The molecule has 0 aliphatic rings. The molecule has 6 nitrogen and oxygen atoms in total. The third-order valence-electron chi connectivity index (χ3n) is 3.29. The first kappa shape index (κ1) is 17.5. The second-order valence-corrected chi connectivity index (χ2v) is 5.72. The van der Waals surface area contributed by atoms with Crippen LogP contribution in [0.15, 0.2) is 48.8 Å². The SMILES string of the molecule is CC(C)NC(=O)NCc1ccc(C(=O)NCc2ccncc2)cc1. The van der Waals surface area contributed by atoms with Crippen LogP contribution in [-0.2, 0) is 13.1 Å². The van der Waals surface area contributed by atoms with E-state index in [1.807, 2.05) is 38.1 Å². The molecule has 6 heteroatoms. The van der Waals surface area contributed by atoms with Crippen molar-refractivity contribution in [3.05, 3.63) is 65.5 Å². The number of carbonyl (C=O) groups is 2. The number of hydrogen-bond acceptors (Lipinski definition) is 3. The number of aromatic nitrogens is 1. The van der Waals surface area contributed by atoms with Crippen LogP contribution in [0.3, 0.4) is 0 Å². The minimum absolute atomic E-state index is 0.0940. The molecule has 3 N–H and O–H groups in total. The van der Waals surface area contributed by atoms with Gasteiger partial charge in [0.1, 0.15) is 0 Å². The van der Waals surface area contributed by atoms with E-state index >= 15 is 0 Å². The van der Waals surface area contributed by atoms with Crippen LogP contribution in [0.1, 0.15) is 35.3 Å². The molecule has 126 valence electrons. The number of hydrogen-bond donors (Lipinski definition) is 3. The topological polar surface area (TPSA) is 83.1 Å². The van der Waals surface area contributed by atoms with E-state index in [1.165, 1.54) is 0 Å². The van der Waals surface area contributed by atoms with Crippen LogP contribution in [0.5, 0.6) is 0 Å². The van der Waals surface area contributed by atoms with Gasteiger partial charge in [-0.1, -0.05) is 12.1 Å². The summed E-state index contributed by atoms with van der Waals surface area (Å²) in [6.45, 7) is 4.68. The maximum atomic E-state index is 12.1. The molecule has 0 saturated carbocycles. The lowest BCUT2D eigenvalue weighted by Gasteiger charge is -2.10. The van der Waals surface area contributed by atoms with Crippen molar-refractivity contribution >= 4 is 11.9 Å². The van der Waals surface area contributed by atoms with E-state index in [9.17, 15) is 9.59 Å². The minimum atomic E-state index is -0.204. The Hall–Kier alpha value is -2.89. The number of benzene rings is 1. The summed E-state index contributed by atoms with van der Waals surface area (Å²) in [5, 5.41) is 8.39. The van der Waals surface area contributed by atoms with Gasteiger partial charge in [-0.15, -0.1) is 0 Å². The predicted octanol–water partition coefficient (Wildman–Crippen LogP) is 2.22. The molecule has 0 fully saturated rings. The van der Waals surface area contributed by atoms with Crippen LogP contribution in [-0.4, -0.2) is 23.0 Å². The summed E-state index contributed by atoms with van der Waals surface area (Å²) in [6, 6.07) is 10.8. The van der Waals surface area contributed by atoms with Gasteiger partial charge in [-0.2, -0.15) is 0 Å². The average molecular weight is 326 g/mol. The van der Waals surface area contributed by atoms with Gasteiger partial charge in [0.05, 0.1) is 0 Å². The summed E-state index contributed by atoms with van der Waals surface area (Å²) < 4.78 is 0. The molecule has 2 aromatic rings. The van der Waals surface area contributed by atoms with E-state index in [4.69, 9.17) is 0 Å². The first-order valence-electron chi connectivity index (χ1n) is 7.85. The summed E-state index contributed by atoms with van der Waals surface area (Å²) in [7, 11) is 0. The molecule has 24 heavy (non-hydrogen) atoms. The van der Waals surface area contributed by atoms with Crippen LogP contribution in [0.4, 0.5) is 4.79 Å². The molecule has 1 heterocycles. The summed E-state index contributed by atoms with van der Waals surface area (Å²) in [6.07, 6.45) is 3.39. The van der Waals surface area contributed by atoms with Gasteiger partial charge < -0.3 is 16.0 Å². The first-order valence-corrected chi connectivity index (χ1v) is 7.85. The zero-order valence-electron chi connectivity index (χ0n) is 13.9. The minimum Gasteiger partial charge on any atom is -0.348 e. The first-order chi connectivity index (χ1) is 11.5. The van der Waals surface area contributed by atoms with Crippen molar-refractivity contribution in [3.8, 4) is 0 Å². The number of carbonyl (C=O) groups excluding carboxylic acids is 2. The van der Waals surface area contributed by atoms with Gasteiger partial charge in [-0.05, 0) is 49.2 Å². The van der Waals surface area contributed by atoms with Gasteiger partial charge in [-0.25, -0.2) is 4.79 Å². The van der Waals surface area contributed by atoms with Crippen molar-refractivity contribution in [3.63, 3.8) is 0 Å². The van der Waals surface area contributed by atoms with Crippen LogP contribution < -0.4 is 16.0 Å². The lowest BCUT2D eigenvalue weighted by Crippen LogP contribution is -2.39. The lowest BCUT2D eigenvalue weighted by atomic mass is 10.1. The number of amides is 3. The van der Waals surface area contributed by atoms with Crippen molar-refractivity contribution in [1.82, 2.24) is 20.9 Å². The van der Waals surface area contributed by atoms with Gasteiger partial charge in [0.2, 0.25) is 0 Å². The van der Waals surface area contributed by atoms with Crippen molar-refractivity contribution in [2.45, 2.75) is 33.0 Å². The summed E-state index contributed by atoms with van der Waals surface area (Å²) >= 11 is 0. The Morgan fingerprint density at radius 3 is 2.12 bits per heavy atom. The Balaban J connectivity index is 1.82. The standard InChI is InChI=1S/C18H22N4O2/c1-13(2)22-18(24)21-12-14-3-5-16(6-4-14)17(23)20-11-15-7-9-19-10-8-15/h3-10,13H,11-12H2,1-2H3,(H,20,23)(H2,21,22,24). The molecule has 1 aromatic carbocycles. The predicted molar refractivity (Wildman–Crippen MR) is 92.4 cm³/mol. The average Bonchev–Trinajstić information content (AvgIpc) is 2.58. The highest BCUT2D eigenvalue weighted by atomic mass is 16.2. The van der Waals surface area contributed by atoms with Crippen molar-refractivity contribution in [2.24, 2.45) is 0 Å². The fourth-order valence-electron chi connectivity index (χ4n) is 2.05. The second kappa shape index (κ2) is 8.67. The normalized spacial score (nSPS) is 10.3. The smallest absolute Gasteiger partial charge is 0.315 e. The molecule has 0 saturated heterocycles. The van der Waals surface area contributed by atoms with E-state index in [2.05, 4.69) is 20.9 Å². The van der Waals surface area contributed by atoms with Gasteiger partial charge in [0.15, 0.2) is 0 Å². The Morgan fingerprint density at radius 2 is 1.50 bits per heavy atom. The van der Waals surface area contributed by atoms with Gasteiger partial charge >= 0.3 is 6.03 Å². The van der Waals surface area contributed by atoms with Gasteiger partial charge in [0, 0.05) is 37.1 Å². The molecule has 3 amide bonds. The fourth-order valence-corrected chi connectivity index (χ4v) is 2.05. The quantitative estimate of drug-likeness (QED) is 0.761. The number of rotatable bonds is 6. The fraction of sp³-hybridized carbons (Fsp3) is 0.278. The maximum absolute atomic E-state index is 12.1. The summed E-state index contributed by atoms with van der Waals surface area (Å²) in [5.74, 6) is -0.135. The Morgan fingerprint density at radius 1 is 0.917 bits per heavy atom. The van der Waals surface area contributed by atoms with Crippen LogP contribution in [0, 0.1) is 0 Å². The Bertz CT molecular complexity index is 669. The molecule has 2 rings (SSSR count). The number of nitrogens with zero attached hydrogens (tertiary/aromatic N) is 1. The highest BCUT2D eigenvalue weighted by Gasteiger charge is 2.06. The summed E-state index contributed by atoms with van der Waals surface area (Å²) in [5.41, 5.74) is 2.51. The number of nitrogens with one attached hydrogen (secondary N) is 3. The van der Waals surface area contributed by atoms with Gasteiger partial charge in [0.25, 0.3) is 5.91 Å². The monoisotopic (exact) mass is 326 g/mol. The Labute approximate surface area is 141 Å². The molecule has 0 radical (unpaired) electrons. The van der Waals surface area contributed by atoms with Crippen LogP contribution in [0.25, 0.3) is 0 Å². The molecular weight excluding hydrogens is 304 g/mol. The third kappa shape index (κ3) is 5.72. The zero-order chi connectivity index (χ0) is 17.4. The maximum Gasteiger partial charge on any atom is 0.315 e. The molecule has 0 spiro atoms. The van der Waals surface area contributed by atoms with Crippen molar-refractivity contribution in [1.29, 1.82) is 0 Å². The van der Waals surface area contributed by atoms with E-state index in [0.717, 1.165) is 11.1 Å². The highest BCUT2D eigenvalue weighted by molar-refractivity contribution is 5.94. The second-order valence-electron chi connectivity index (χ2n) is 5.72.